The average Bonchev–Trinajstić information content (AvgIpc) is 2.27. The van der Waals surface area contributed by atoms with Crippen molar-refractivity contribution < 1.29 is 9.53 Å². The normalized spacial score (nSPS) is 9.62. The van der Waals surface area contributed by atoms with Gasteiger partial charge in [-0.3, -0.25) is 0 Å². The van der Waals surface area contributed by atoms with Crippen LogP contribution in [0.4, 0.5) is 5.82 Å². The molecule has 16 heavy (non-hydrogen) atoms. The summed E-state index contributed by atoms with van der Waals surface area (Å²) in [7, 11) is 0. The molecule has 0 aromatic carbocycles. The van der Waals surface area contributed by atoms with Crippen molar-refractivity contribution in [2.24, 2.45) is 0 Å². The van der Waals surface area contributed by atoms with E-state index in [2.05, 4.69) is 16.9 Å². The number of aromatic nitrogens is 1. The lowest BCUT2D eigenvalue weighted by atomic mass is 10.3. The van der Waals surface area contributed by atoms with Gasteiger partial charge in [-0.05, 0) is 19.1 Å². The van der Waals surface area contributed by atoms with Crippen LogP contribution in [0.2, 0.25) is 0 Å². The lowest BCUT2D eigenvalue weighted by molar-refractivity contribution is 0.0526. The molecule has 0 amide bonds. The summed E-state index contributed by atoms with van der Waals surface area (Å²) < 4.78 is 4.83. The highest BCUT2D eigenvalue weighted by molar-refractivity contribution is 6.29. The van der Waals surface area contributed by atoms with Crippen molar-refractivity contribution in [1.29, 1.82) is 0 Å². The molecule has 0 radical (unpaired) electrons. The first kappa shape index (κ1) is 12.5. The number of nitrogens with one attached hydrogen (secondary N) is 1. The van der Waals surface area contributed by atoms with E-state index in [1.54, 1.807) is 19.1 Å². The number of nitrogens with zero attached hydrogens (tertiary/aromatic N) is 1. The van der Waals surface area contributed by atoms with Crippen LogP contribution in [-0.4, -0.2) is 24.1 Å². The van der Waals surface area contributed by atoms with Gasteiger partial charge in [0.25, 0.3) is 0 Å². The molecule has 0 saturated carbocycles. The molecule has 0 bridgehead atoms. The highest BCUT2D eigenvalue weighted by Gasteiger charge is 2.06. The minimum absolute atomic E-state index is 0.352. The number of pyridine rings is 1. The lowest BCUT2D eigenvalue weighted by Gasteiger charge is -2.05. The number of rotatable bonds is 5. The molecule has 0 aliphatic carbocycles. The molecule has 1 aromatic rings. The third-order valence-corrected chi connectivity index (χ3v) is 1.87. The number of carbonyl (C=O) groups excluding carboxylic acids is 1. The van der Waals surface area contributed by atoms with Gasteiger partial charge in [-0.2, -0.15) is 0 Å². The van der Waals surface area contributed by atoms with Crippen molar-refractivity contribution in [2.45, 2.75) is 6.92 Å². The molecule has 0 aliphatic heterocycles. The Morgan fingerprint density at radius 2 is 2.38 bits per heavy atom. The Morgan fingerprint density at radius 3 is 2.88 bits per heavy atom. The largest absolute Gasteiger partial charge is 0.462 e. The monoisotopic (exact) mass is 240 g/mol. The SMILES string of the molecule is C=C(Cl)CNc1ccc(C(=O)OCC)cn1. The van der Waals surface area contributed by atoms with E-state index in [-0.39, 0.29) is 5.97 Å². The molecule has 4 nitrogen and oxygen atoms in total. The van der Waals surface area contributed by atoms with Gasteiger partial charge in [0.2, 0.25) is 0 Å². The van der Waals surface area contributed by atoms with Gasteiger partial charge >= 0.3 is 5.97 Å². The second-order valence-corrected chi connectivity index (χ2v) is 3.56. The fourth-order valence-corrected chi connectivity index (χ4v) is 1.09. The first-order chi connectivity index (χ1) is 7.63. The van der Waals surface area contributed by atoms with E-state index in [4.69, 9.17) is 16.3 Å². The van der Waals surface area contributed by atoms with Crippen LogP contribution in [0.1, 0.15) is 17.3 Å². The zero-order chi connectivity index (χ0) is 12.0. The van der Waals surface area contributed by atoms with Crippen LogP contribution in [0.5, 0.6) is 0 Å². The van der Waals surface area contributed by atoms with E-state index in [0.717, 1.165) is 0 Å². The number of hydrogen-bond acceptors (Lipinski definition) is 4. The molecule has 0 saturated heterocycles. The summed E-state index contributed by atoms with van der Waals surface area (Å²) in [5, 5.41) is 3.44. The summed E-state index contributed by atoms with van der Waals surface area (Å²) in [5.41, 5.74) is 0.428. The van der Waals surface area contributed by atoms with Crippen molar-refractivity contribution >= 4 is 23.4 Å². The van der Waals surface area contributed by atoms with E-state index < -0.39 is 0 Å². The van der Waals surface area contributed by atoms with Crippen LogP contribution >= 0.6 is 11.6 Å². The third kappa shape index (κ3) is 3.90. The molecule has 5 heteroatoms. The predicted molar refractivity (Wildman–Crippen MR) is 63.7 cm³/mol. The summed E-state index contributed by atoms with van der Waals surface area (Å²) in [6.45, 7) is 6.09. The van der Waals surface area contributed by atoms with Gasteiger partial charge in [-0.1, -0.05) is 18.2 Å². The molecule has 86 valence electrons. The smallest absolute Gasteiger partial charge is 0.339 e. The Kier molecular flexibility index (Phi) is 4.79. The van der Waals surface area contributed by atoms with E-state index >= 15 is 0 Å². The number of ether oxygens (including phenoxy) is 1. The molecule has 0 unspecified atom stereocenters. The maximum atomic E-state index is 11.3. The van der Waals surface area contributed by atoms with Gasteiger partial charge in [0, 0.05) is 11.2 Å². The third-order valence-electron chi connectivity index (χ3n) is 1.74. The molecule has 0 fully saturated rings. The van der Waals surface area contributed by atoms with Crippen LogP contribution in [0, 0.1) is 0 Å². The van der Waals surface area contributed by atoms with Crippen molar-refractivity contribution in [3.05, 3.63) is 35.5 Å². The highest BCUT2D eigenvalue weighted by Crippen LogP contribution is 2.07. The Bertz CT molecular complexity index is 376. The number of esters is 1. The van der Waals surface area contributed by atoms with Gasteiger partial charge in [-0.25, -0.2) is 9.78 Å². The highest BCUT2D eigenvalue weighted by atomic mass is 35.5. The standard InChI is InChI=1S/C11H13ClN2O2/c1-3-16-11(15)9-4-5-10(14-7-9)13-6-8(2)12/h4-5,7H,2-3,6H2,1H3,(H,13,14). The van der Waals surface area contributed by atoms with Gasteiger partial charge in [0.1, 0.15) is 5.82 Å². The van der Waals surface area contributed by atoms with Gasteiger partial charge < -0.3 is 10.1 Å². The number of hydrogen-bond donors (Lipinski definition) is 1. The van der Waals surface area contributed by atoms with Crippen molar-refractivity contribution in [2.75, 3.05) is 18.5 Å². The molecule has 1 heterocycles. The van der Waals surface area contributed by atoms with Gasteiger partial charge in [0.05, 0.1) is 18.7 Å². The first-order valence-electron chi connectivity index (χ1n) is 4.83. The first-order valence-corrected chi connectivity index (χ1v) is 5.21. The molecule has 0 spiro atoms. The molecular weight excluding hydrogens is 228 g/mol. The summed E-state index contributed by atoms with van der Waals surface area (Å²) >= 11 is 5.59. The maximum absolute atomic E-state index is 11.3. The molecule has 1 N–H and O–H groups in total. The van der Waals surface area contributed by atoms with Crippen LogP contribution in [-0.2, 0) is 4.74 Å². The summed E-state index contributed by atoms with van der Waals surface area (Å²) in [4.78, 5) is 15.3. The summed E-state index contributed by atoms with van der Waals surface area (Å²) in [5.74, 6) is 0.262. The number of carbonyl (C=O) groups is 1. The van der Waals surface area contributed by atoms with E-state index in [1.807, 2.05) is 0 Å². The predicted octanol–water partition coefficient (Wildman–Crippen LogP) is 2.42. The number of halogens is 1. The fourth-order valence-electron chi connectivity index (χ4n) is 1.02. The Morgan fingerprint density at radius 1 is 1.62 bits per heavy atom. The zero-order valence-corrected chi connectivity index (χ0v) is 9.75. The molecule has 1 rings (SSSR count). The molecule has 1 aromatic heterocycles. The van der Waals surface area contributed by atoms with Crippen molar-refractivity contribution in [3.63, 3.8) is 0 Å². The fraction of sp³-hybridized carbons (Fsp3) is 0.273. The van der Waals surface area contributed by atoms with Crippen molar-refractivity contribution in [1.82, 2.24) is 4.98 Å². The topological polar surface area (TPSA) is 51.2 Å². The average molecular weight is 241 g/mol. The van der Waals surface area contributed by atoms with E-state index in [0.29, 0.717) is 29.6 Å². The second-order valence-electron chi connectivity index (χ2n) is 3.02. The van der Waals surface area contributed by atoms with E-state index in [9.17, 15) is 4.79 Å². The second kappa shape index (κ2) is 6.12. The van der Waals surface area contributed by atoms with Gasteiger partial charge in [-0.15, -0.1) is 0 Å². The minimum Gasteiger partial charge on any atom is -0.462 e. The minimum atomic E-state index is -0.372. The van der Waals surface area contributed by atoms with Crippen LogP contribution < -0.4 is 5.32 Å². The quantitative estimate of drug-likeness (QED) is 0.803. The Balaban J connectivity index is 2.60. The Hall–Kier alpha value is -1.55. The molecular formula is C11H13ClN2O2. The van der Waals surface area contributed by atoms with Crippen LogP contribution in [0.25, 0.3) is 0 Å². The maximum Gasteiger partial charge on any atom is 0.339 e. The summed E-state index contributed by atoms with van der Waals surface area (Å²) in [6.07, 6.45) is 1.46. The lowest BCUT2D eigenvalue weighted by Crippen LogP contribution is -2.07. The Labute approximate surface area is 99.3 Å². The summed E-state index contributed by atoms with van der Waals surface area (Å²) in [6, 6.07) is 3.33. The van der Waals surface area contributed by atoms with E-state index in [1.165, 1.54) is 6.20 Å². The molecule has 0 atom stereocenters. The van der Waals surface area contributed by atoms with Crippen molar-refractivity contribution in [3.8, 4) is 0 Å². The number of anilines is 1. The van der Waals surface area contributed by atoms with Crippen LogP contribution in [0.15, 0.2) is 29.9 Å². The van der Waals surface area contributed by atoms with Crippen LogP contribution in [0.3, 0.4) is 0 Å². The molecule has 0 aliphatic rings. The van der Waals surface area contributed by atoms with Gasteiger partial charge in [0.15, 0.2) is 0 Å². The zero-order valence-electron chi connectivity index (χ0n) is 9.00.